The van der Waals surface area contributed by atoms with E-state index < -0.39 is 0 Å². The van der Waals surface area contributed by atoms with E-state index in [1.807, 2.05) is 17.2 Å². The first-order valence-electron chi connectivity index (χ1n) is 9.21. The van der Waals surface area contributed by atoms with Gasteiger partial charge < -0.3 is 9.64 Å². The Balaban J connectivity index is 2.02. The highest BCUT2D eigenvalue weighted by Gasteiger charge is 2.15. The first kappa shape index (κ1) is 20.4. The second kappa shape index (κ2) is 9.17. The maximum atomic E-state index is 12.1. The molecule has 0 bridgehead atoms. The van der Waals surface area contributed by atoms with Gasteiger partial charge in [-0.05, 0) is 49.4 Å². The second-order valence-corrected chi connectivity index (χ2v) is 8.19. The fraction of sp³-hybridized carbons (Fsp3) is 0.524. The van der Waals surface area contributed by atoms with E-state index in [0.29, 0.717) is 25.5 Å². The third kappa shape index (κ3) is 5.56. The fourth-order valence-corrected chi connectivity index (χ4v) is 3.59. The van der Waals surface area contributed by atoms with Crippen LogP contribution in [0.3, 0.4) is 0 Å². The Bertz CT molecular complexity index is 752. The summed E-state index contributed by atoms with van der Waals surface area (Å²) in [5.74, 6) is 1.54. The lowest BCUT2D eigenvalue weighted by molar-refractivity contribution is -0.132. The van der Waals surface area contributed by atoms with Crippen LogP contribution in [0.15, 0.2) is 17.5 Å². The van der Waals surface area contributed by atoms with Crippen LogP contribution in [0, 0.1) is 26.7 Å². The Kier molecular flexibility index (Phi) is 7.21. The van der Waals surface area contributed by atoms with Crippen molar-refractivity contribution in [3.63, 3.8) is 0 Å². The minimum atomic E-state index is 0.176. The molecule has 142 valence electrons. The van der Waals surface area contributed by atoms with Crippen molar-refractivity contribution in [1.29, 1.82) is 0 Å². The number of hydrogen-bond acceptors (Lipinski definition) is 4. The minimum Gasteiger partial charge on any atom is -0.486 e. The van der Waals surface area contributed by atoms with Crippen LogP contribution in [-0.4, -0.2) is 22.3 Å². The summed E-state index contributed by atoms with van der Waals surface area (Å²) in [6.07, 6.45) is 0.527. The number of carbonyl (C=O) groups is 1. The lowest BCUT2D eigenvalue weighted by Crippen LogP contribution is -2.33. The molecule has 26 heavy (non-hydrogen) atoms. The first-order chi connectivity index (χ1) is 12.3. The van der Waals surface area contributed by atoms with Gasteiger partial charge >= 0.3 is 0 Å². The molecule has 1 amide bonds. The van der Waals surface area contributed by atoms with Crippen molar-refractivity contribution in [2.75, 3.05) is 6.54 Å². The third-order valence-corrected chi connectivity index (χ3v) is 5.18. The molecule has 0 N–H and O–H groups in total. The lowest BCUT2D eigenvalue weighted by atomic mass is 10.1. The molecule has 0 saturated carbocycles. The highest BCUT2D eigenvalue weighted by molar-refractivity contribution is 7.09. The SMILES string of the molecule is CCC(=O)N(Cc1csc(COc2cc(C)cc(C)c2C)n1)CC(C)C. The largest absolute Gasteiger partial charge is 0.486 e. The molecular formula is C21H30N2O2S. The Hall–Kier alpha value is -1.88. The zero-order valence-electron chi connectivity index (χ0n) is 16.8. The summed E-state index contributed by atoms with van der Waals surface area (Å²) >= 11 is 1.59. The molecule has 1 heterocycles. The quantitative estimate of drug-likeness (QED) is 0.650. The van der Waals surface area contributed by atoms with Gasteiger partial charge in [0.1, 0.15) is 17.4 Å². The Labute approximate surface area is 161 Å². The van der Waals surface area contributed by atoms with Gasteiger partial charge in [0.2, 0.25) is 5.91 Å². The average molecular weight is 375 g/mol. The fourth-order valence-electron chi connectivity index (χ4n) is 2.89. The van der Waals surface area contributed by atoms with Crippen LogP contribution in [0.1, 0.15) is 54.6 Å². The number of nitrogens with zero attached hydrogens (tertiary/aromatic N) is 2. The normalized spacial score (nSPS) is 11.0. The molecule has 0 fully saturated rings. The standard InChI is InChI=1S/C21H30N2O2S/c1-7-21(24)23(10-14(2)3)11-18-13-26-20(22-18)12-25-19-9-15(4)8-16(5)17(19)6/h8-9,13-14H,7,10-12H2,1-6H3. The smallest absolute Gasteiger partial charge is 0.222 e. The Morgan fingerprint density at radius 3 is 2.65 bits per heavy atom. The highest BCUT2D eigenvalue weighted by Crippen LogP contribution is 2.25. The average Bonchev–Trinajstić information content (AvgIpc) is 3.02. The zero-order valence-corrected chi connectivity index (χ0v) is 17.6. The van der Waals surface area contributed by atoms with E-state index in [9.17, 15) is 4.79 Å². The molecule has 4 nitrogen and oxygen atoms in total. The lowest BCUT2D eigenvalue weighted by Gasteiger charge is -2.23. The molecule has 0 spiro atoms. The number of benzene rings is 1. The van der Waals surface area contributed by atoms with Crippen molar-refractivity contribution in [1.82, 2.24) is 9.88 Å². The molecule has 0 aliphatic carbocycles. The minimum absolute atomic E-state index is 0.176. The van der Waals surface area contributed by atoms with Crippen LogP contribution in [0.5, 0.6) is 5.75 Å². The summed E-state index contributed by atoms with van der Waals surface area (Å²) < 4.78 is 6.00. The van der Waals surface area contributed by atoms with Crippen LogP contribution in [0.2, 0.25) is 0 Å². The van der Waals surface area contributed by atoms with Crippen molar-refractivity contribution in [2.45, 2.75) is 61.1 Å². The number of hydrogen-bond donors (Lipinski definition) is 0. The summed E-state index contributed by atoms with van der Waals surface area (Å²) in [4.78, 5) is 18.7. The van der Waals surface area contributed by atoms with E-state index >= 15 is 0 Å². The molecule has 0 atom stereocenters. The van der Waals surface area contributed by atoms with Gasteiger partial charge in [0.05, 0.1) is 12.2 Å². The molecule has 0 aliphatic rings. The van der Waals surface area contributed by atoms with E-state index in [4.69, 9.17) is 4.74 Å². The van der Waals surface area contributed by atoms with E-state index in [0.717, 1.165) is 23.0 Å². The van der Waals surface area contributed by atoms with Crippen LogP contribution in [-0.2, 0) is 17.9 Å². The monoisotopic (exact) mass is 374 g/mol. The summed E-state index contributed by atoms with van der Waals surface area (Å²) in [5, 5.41) is 2.97. The van der Waals surface area contributed by atoms with Crippen molar-refractivity contribution < 1.29 is 9.53 Å². The van der Waals surface area contributed by atoms with Gasteiger partial charge in [0, 0.05) is 18.3 Å². The molecule has 0 unspecified atom stereocenters. The van der Waals surface area contributed by atoms with Crippen molar-refractivity contribution in [2.24, 2.45) is 5.92 Å². The van der Waals surface area contributed by atoms with Gasteiger partial charge in [0.15, 0.2) is 0 Å². The number of carbonyl (C=O) groups excluding carboxylic acids is 1. The van der Waals surface area contributed by atoms with Crippen molar-refractivity contribution in [3.05, 3.63) is 44.9 Å². The molecule has 1 aromatic heterocycles. The maximum absolute atomic E-state index is 12.1. The topological polar surface area (TPSA) is 42.4 Å². The predicted molar refractivity (Wildman–Crippen MR) is 108 cm³/mol. The molecular weight excluding hydrogens is 344 g/mol. The molecule has 2 rings (SSSR count). The Morgan fingerprint density at radius 2 is 2.00 bits per heavy atom. The molecule has 0 saturated heterocycles. The van der Waals surface area contributed by atoms with Crippen LogP contribution >= 0.6 is 11.3 Å². The van der Waals surface area contributed by atoms with E-state index in [1.54, 1.807) is 11.3 Å². The number of ether oxygens (including phenoxy) is 1. The summed E-state index contributed by atoms with van der Waals surface area (Å²) in [6, 6.07) is 4.24. The molecule has 0 aliphatic heterocycles. The van der Waals surface area contributed by atoms with Crippen molar-refractivity contribution >= 4 is 17.2 Å². The number of amides is 1. The van der Waals surface area contributed by atoms with Gasteiger partial charge in [-0.1, -0.05) is 26.8 Å². The van der Waals surface area contributed by atoms with Crippen LogP contribution in [0.25, 0.3) is 0 Å². The van der Waals surface area contributed by atoms with E-state index in [1.165, 1.54) is 16.7 Å². The summed E-state index contributed by atoms with van der Waals surface area (Å²) in [5.41, 5.74) is 4.55. The van der Waals surface area contributed by atoms with Gasteiger partial charge in [-0.25, -0.2) is 4.98 Å². The summed E-state index contributed by atoms with van der Waals surface area (Å²) in [6.45, 7) is 14.2. The number of aryl methyl sites for hydroxylation is 2. The maximum Gasteiger partial charge on any atom is 0.222 e. The van der Waals surface area contributed by atoms with Gasteiger partial charge in [-0.15, -0.1) is 11.3 Å². The van der Waals surface area contributed by atoms with Gasteiger partial charge in [0.25, 0.3) is 0 Å². The summed E-state index contributed by atoms with van der Waals surface area (Å²) in [7, 11) is 0. The second-order valence-electron chi connectivity index (χ2n) is 7.25. The Morgan fingerprint density at radius 1 is 1.27 bits per heavy atom. The van der Waals surface area contributed by atoms with E-state index in [-0.39, 0.29) is 5.91 Å². The van der Waals surface area contributed by atoms with Gasteiger partial charge in [-0.2, -0.15) is 0 Å². The van der Waals surface area contributed by atoms with Gasteiger partial charge in [-0.3, -0.25) is 4.79 Å². The predicted octanol–water partition coefficient (Wildman–Crippen LogP) is 5.04. The zero-order chi connectivity index (χ0) is 19.3. The molecule has 2 aromatic rings. The van der Waals surface area contributed by atoms with Crippen molar-refractivity contribution in [3.8, 4) is 5.75 Å². The number of rotatable bonds is 8. The van der Waals surface area contributed by atoms with Crippen LogP contribution in [0.4, 0.5) is 0 Å². The van der Waals surface area contributed by atoms with Crippen LogP contribution < -0.4 is 4.74 Å². The number of aromatic nitrogens is 1. The molecule has 0 radical (unpaired) electrons. The first-order valence-corrected chi connectivity index (χ1v) is 10.1. The highest BCUT2D eigenvalue weighted by atomic mass is 32.1. The van der Waals surface area contributed by atoms with E-state index in [2.05, 4.69) is 51.7 Å². The number of thiazole rings is 1. The third-order valence-electron chi connectivity index (χ3n) is 4.31. The molecule has 5 heteroatoms. The molecule has 1 aromatic carbocycles.